The molecule has 2 rings (SSSR count). The Balaban J connectivity index is 2.04. The Labute approximate surface area is 114 Å². The highest BCUT2D eigenvalue weighted by Crippen LogP contribution is 2.18. The molecule has 1 aromatic rings. The Morgan fingerprint density at radius 3 is 2.42 bits per heavy atom. The first-order chi connectivity index (χ1) is 9.11. The third kappa shape index (κ3) is 3.12. The van der Waals surface area contributed by atoms with Crippen molar-refractivity contribution >= 4 is 11.6 Å². The van der Waals surface area contributed by atoms with Crippen molar-refractivity contribution in [2.75, 3.05) is 27.2 Å². The molecule has 0 aromatic heterocycles. The summed E-state index contributed by atoms with van der Waals surface area (Å²) in [6, 6.07) is 7.19. The third-order valence-corrected chi connectivity index (χ3v) is 3.80. The molecule has 1 aliphatic rings. The van der Waals surface area contributed by atoms with Gasteiger partial charge in [-0.1, -0.05) is 24.3 Å². The van der Waals surface area contributed by atoms with E-state index in [2.05, 4.69) is 16.8 Å². The third-order valence-electron chi connectivity index (χ3n) is 3.80. The van der Waals surface area contributed by atoms with Crippen LogP contribution < -0.4 is 0 Å². The summed E-state index contributed by atoms with van der Waals surface area (Å²) < 4.78 is 0. The summed E-state index contributed by atoms with van der Waals surface area (Å²) in [5.74, 6) is 0.0473. The van der Waals surface area contributed by atoms with Crippen LogP contribution >= 0.6 is 0 Å². The van der Waals surface area contributed by atoms with E-state index in [1.165, 1.54) is 0 Å². The molecule has 1 fully saturated rings. The predicted octanol–water partition coefficient (Wildman–Crippen LogP) is 2.40. The Morgan fingerprint density at radius 1 is 1.32 bits per heavy atom. The van der Waals surface area contributed by atoms with E-state index in [1.54, 1.807) is 24.3 Å². The first-order valence-electron chi connectivity index (χ1n) is 6.55. The summed E-state index contributed by atoms with van der Waals surface area (Å²) in [5, 5.41) is 0. The van der Waals surface area contributed by atoms with Crippen LogP contribution in [0.4, 0.5) is 5.69 Å². The second-order valence-electron chi connectivity index (χ2n) is 5.11. The van der Waals surface area contributed by atoms with Gasteiger partial charge >= 0.3 is 0 Å². The van der Waals surface area contributed by atoms with Crippen LogP contribution in [-0.4, -0.2) is 48.9 Å². The van der Waals surface area contributed by atoms with Crippen LogP contribution in [0, 0.1) is 6.57 Å². The molecule has 0 saturated carbocycles. The topological polar surface area (TPSA) is 27.9 Å². The van der Waals surface area contributed by atoms with E-state index < -0.39 is 0 Å². The predicted molar refractivity (Wildman–Crippen MR) is 75.3 cm³/mol. The number of benzene rings is 1. The van der Waals surface area contributed by atoms with Crippen LogP contribution in [0.3, 0.4) is 0 Å². The summed E-state index contributed by atoms with van der Waals surface area (Å²) in [7, 11) is 3.99. The first-order valence-corrected chi connectivity index (χ1v) is 6.55. The summed E-state index contributed by atoms with van der Waals surface area (Å²) >= 11 is 0. The van der Waals surface area contributed by atoms with Crippen molar-refractivity contribution in [3.63, 3.8) is 0 Å². The van der Waals surface area contributed by atoms with Crippen LogP contribution in [0.25, 0.3) is 4.85 Å². The van der Waals surface area contributed by atoms with Crippen molar-refractivity contribution in [2.24, 2.45) is 0 Å². The number of hydrogen-bond donors (Lipinski definition) is 0. The number of carbonyl (C=O) groups excluding carboxylic acids is 1. The van der Waals surface area contributed by atoms with Gasteiger partial charge in [0.15, 0.2) is 5.69 Å². The maximum Gasteiger partial charge on any atom is 0.253 e. The molecule has 1 heterocycles. The molecular formula is C15H19N3O. The molecule has 4 heteroatoms. The van der Waals surface area contributed by atoms with E-state index in [0.717, 1.165) is 25.9 Å². The highest BCUT2D eigenvalue weighted by Gasteiger charge is 2.24. The van der Waals surface area contributed by atoms with Gasteiger partial charge in [0.05, 0.1) is 6.57 Å². The standard InChI is InChI=1S/C15H19N3O/c1-16-13-6-4-12(5-7-13)15(19)18(3)14-8-10-17(2)11-9-14/h4-7,14H,8-11H2,2-3H3. The Hall–Kier alpha value is -1.86. The number of rotatable bonds is 2. The van der Waals surface area contributed by atoms with Gasteiger partial charge < -0.3 is 9.80 Å². The quantitative estimate of drug-likeness (QED) is 0.761. The zero-order valence-corrected chi connectivity index (χ0v) is 11.5. The molecule has 0 radical (unpaired) electrons. The molecule has 0 aliphatic carbocycles. The fourth-order valence-electron chi connectivity index (χ4n) is 2.43. The largest absolute Gasteiger partial charge is 0.339 e. The van der Waals surface area contributed by atoms with Crippen LogP contribution in [0.5, 0.6) is 0 Å². The van der Waals surface area contributed by atoms with E-state index in [0.29, 0.717) is 17.3 Å². The van der Waals surface area contributed by atoms with Crippen molar-refractivity contribution < 1.29 is 4.79 Å². The van der Waals surface area contributed by atoms with Gasteiger partial charge in [-0.3, -0.25) is 4.79 Å². The highest BCUT2D eigenvalue weighted by atomic mass is 16.2. The molecular weight excluding hydrogens is 238 g/mol. The minimum atomic E-state index is 0.0473. The number of piperidine rings is 1. The van der Waals surface area contributed by atoms with Gasteiger partial charge in [0.2, 0.25) is 0 Å². The zero-order valence-electron chi connectivity index (χ0n) is 11.5. The summed E-state index contributed by atoms with van der Waals surface area (Å²) in [4.78, 5) is 19.8. The van der Waals surface area contributed by atoms with Gasteiger partial charge in [-0.25, -0.2) is 4.85 Å². The molecule has 100 valence electrons. The summed E-state index contributed by atoms with van der Waals surface area (Å²) in [5.41, 5.74) is 1.23. The number of nitrogens with zero attached hydrogens (tertiary/aromatic N) is 3. The van der Waals surface area contributed by atoms with E-state index in [9.17, 15) is 4.79 Å². The lowest BCUT2D eigenvalue weighted by molar-refractivity contribution is 0.0659. The molecule has 0 bridgehead atoms. The fraction of sp³-hybridized carbons (Fsp3) is 0.467. The van der Waals surface area contributed by atoms with Crippen molar-refractivity contribution in [3.8, 4) is 0 Å². The maximum atomic E-state index is 12.4. The maximum absolute atomic E-state index is 12.4. The molecule has 0 unspecified atom stereocenters. The summed E-state index contributed by atoms with van der Waals surface area (Å²) in [6.07, 6.45) is 2.05. The van der Waals surface area contributed by atoms with Gasteiger partial charge in [0, 0.05) is 18.7 Å². The van der Waals surface area contributed by atoms with E-state index >= 15 is 0 Å². The first kappa shape index (κ1) is 13.6. The van der Waals surface area contributed by atoms with Crippen LogP contribution in [0.15, 0.2) is 24.3 Å². The van der Waals surface area contributed by atoms with E-state index in [-0.39, 0.29) is 5.91 Å². The Bertz CT molecular complexity index is 481. The van der Waals surface area contributed by atoms with E-state index in [4.69, 9.17) is 6.57 Å². The average molecular weight is 257 g/mol. The fourth-order valence-corrected chi connectivity index (χ4v) is 2.43. The minimum absolute atomic E-state index is 0.0473. The second-order valence-corrected chi connectivity index (χ2v) is 5.11. The van der Waals surface area contributed by atoms with Gasteiger partial charge in [-0.05, 0) is 33.0 Å². The van der Waals surface area contributed by atoms with Gasteiger partial charge in [-0.15, -0.1) is 0 Å². The second kappa shape index (κ2) is 5.85. The van der Waals surface area contributed by atoms with Gasteiger partial charge in [0.1, 0.15) is 0 Å². The Kier molecular flexibility index (Phi) is 4.18. The van der Waals surface area contributed by atoms with Crippen LogP contribution in [0.2, 0.25) is 0 Å². The minimum Gasteiger partial charge on any atom is -0.339 e. The average Bonchev–Trinajstić information content (AvgIpc) is 2.46. The number of amides is 1. The molecule has 4 nitrogen and oxygen atoms in total. The lowest BCUT2D eigenvalue weighted by Gasteiger charge is -2.35. The van der Waals surface area contributed by atoms with Crippen molar-refractivity contribution in [1.29, 1.82) is 0 Å². The SMILES string of the molecule is [C-]#[N+]c1ccc(C(=O)N(C)C2CCN(C)CC2)cc1. The van der Waals surface area contributed by atoms with Crippen LogP contribution in [-0.2, 0) is 0 Å². The normalized spacial score (nSPS) is 16.9. The van der Waals surface area contributed by atoms with Gasteiger partial charge in [0.25, 0.3) is 5.91 Å². The molecule has 1 aromatic carbocycles. The Morgan fingerprint density at radius 2 is 1.89 bits per heavy atom. The smallest absolute Gasteiger partial charge is 0.253 e. The molecule has 1 saturated heterocycles. The lowest BCUT2D eigenvalue weighted by Crippen LogP contribution is -2.44. The number of carbonyl (C=O) groups is 1. The monoisotopic (exact) mass is 257 g/mol. The van der Waals surface area contributed by atoms with Crippen LogP contribution in [0.1, 0.15) is 23.2 Å². The highest BCUT2D eigenvalue weighted by molar-refractivity contribution is 5.94. The van der Waals surface area contributed by atoms with Crippen molar-refractivity contribution in [3.05, 3.63) is 41.2 Å². The molecule has 0 N–H and O–H groups in total. The molecule has 1 amide bonds. The molecule has 19 heavy (non-hydrogen) atoms. The van der Waals surface area contributed by atoms with E-state index in [1.807, 2.05) is 11.9 Å². The zero-order chi connectivity index (χ0) is 13.8. The number of likely N-dealkylation sites (tertiary alicyclic amines) is 1. The molecule has 0 spiro atoms. The van der Waals surface area contributed by atoms with Crippen molar-refractivity contribution in [2.45, 2.75) is 18.9 Å². The molecule has 0 atom stereocenters. The van der Waals surface area contributed by atoms with Gasteiger partial charge in [-0.2, -0.15) is 0 Å². The lowest BCUT2D eigenvalue weighted by atomic mass is 10.0. The van der Waals surface area contributed by atoms with Crippen molar-refractivity contribution in [1.82, 2.24) is 9.80 Å². The molecule has 1 aliphatic heterocycles. The summed E-state index contributed by atoms with van der Waals surface area (Å²) in [6.45, 7) is 8.99. The number of hydrogen-bond acceptors (Lipinski definition) is 2.